The van der Waals surface area contributed by atoms with Crippen molar-refractivity contribution in [2.45, 2.75) is 0 Å². The Hall–Kier alpha value is -1.76. The average molecular weight is 195 g/mol. The highest BCUT2D eigenvalue weighted by Crippen LogP contribution is 2.24. The molecule has 2 aliphatic carbocycles. The van der Waals surface area contributed by atoms with E-state index in [1.807, 2.05) is 6.08 Å². The van der Waals surface area contributed by atoms with Crippen LogP contribution in [0.1, 0.15) is 0 Å². The maximum Gasteiger partial charge on any atom is 0.0276 e. The molecule has 3 rings (SSSR count). The van der Waals surface area contributed by atoms with Crippen molar-refractivity contribution in [2.75, 3.05) is 0 Å². The fourth-order valence-corrected chi connectivity index (χ4v) is 2.29. The Labute approximate surface area is 88.9 Å². The summed E-state index contributed by atoms with van der Waals surface area (Å²) in [5, 5.41) is 2.65. The van der Waals surface area contributed by atoms with Gasteiger partial charge in [-0.3, -0.25) is 0 Å². The largest absolute Gasteiger partial charge is 0.399 e. The van der Waals surface area contributed by atoms with Crippen LogP contribution in [0.15, 0.2) is 48.2 Å². The summed E-state index contributed by atoms with van der Waals surface area (Å²) in [5.41, 5.74) is 6.68. The lowest BCUT2D eigenvalue weighted by Gasteiger charge is -2.22. The van der Waals surface area contributed by atoms with Gasteiger partial charge in [0.1, 0.15) is 0 Å². The summed E-state index contributed by atoms with van der Waals surface area (Å²) < 4.78 is 0. The van der Waals surface area contributed by atoms with Gasteiger partial charge in [-0.25, -0.2) is 0 Å². The minimum Gasteiger partial charge on any atom is -0.399 e. The zero-order valence-corrected chi connectivity index (χ0v) is 8.43. The number of hydrogen-bond donors (Lipinski definition) is 1. The fourth-order valence-electron chi connectivity index (χ4n) is 2.29. The standard InChI is InChI=1S/C14H13N/c15-14-6-5-12-7-10-3-1-2-4-11(10)8-13(12)9-14/h1-9,12-13H,15H2. The predicted octanol–water partition coefficient (Wildman–Crippen LogP) is 0.906. The van der Waals surface area contributed by atoms with Crippen LogP contribution in [0.3, 0.4) is 0 Å². The summed E-state index contributed by atoms with van der Waals surface area (Å²) in [4.78, 5) is 0. The van der Waals surface area contributed by atoms with E-state index in [0.29, 0.717) is 11.8 Å². The molecule has 0 heterocycles. The van der Waals surface area contributed by atoms with Gasteiger partial charge in [-0.05, 0) is 16.5 Å². The molecule has 1 aromatic rings. The lowest BCUT2D eigenvalue weighted by molar-refractivity contribution is 0.715. The molecule has 2 N–H and O–H groups in total. The molecule has 2 unspecified atom stereocenters. The van der Waals surface area contributed by atoms with Crippen LogP contribution in [-0.2, 0) is 0 Å². The summed E-state index contributed by atoms with van der Waals surface area (Å²) in [7, 11) is 0. The van der Waals surface area contributed by atoms with Gasteiger partial charge in [-0.2, -0.15) is 0 Å². The molecule has 2 atom stereocenters. The lowest BCUT2D eigenvalue weighted by Crippen LogP contribution is -2.32. The number of rotatable bonds is 0. The smallest absolute Gasteiger partial charge is 0.0276 e. The summed E-state index contributed by atoms with van der Waals surface area (Å²) in [6.07, 6.45) is 10.9. The molecule has 0 spiro atoms. The highest BCUT2D eigenvalue weighted by Gasteiger charge is 2.18. The van der Waals surface area contributed by atoms with E-state index in [9.17, 15) is 0 Å². The van der Waals surface area contributed by atoms with Crippen molar-refractivity contribution in [3.05, 3.63) is 58.6 Å². The molecule has 0 amide bonds. The maximum atomic E-state index is 5.80. The molecular formula is C14H13N. The van der Waals surface area contributed by atoms with E-state index in [0.717, 1.165) is 5.70 Å². The SMILES string of the molecule is NC1=CC2C=c3ccccc3=CC2C=C1. The summed E-state index contributed by atoms with van der Waals surface area (Å²) in [6.45, 7) is 0. The molecule has 0 saturated carbocycles. The van der Waals surface area contributed by atoms with Crippen LogP contribution in [0.4, 0.5) is 0 Å². The Morgan fingerprint density at radius 2 is 1.53 bits per heavy atom. The highest BCUT2D eigenvalue weighted by atomic mass is 14.6. The molecule has 0 aromatic heterocycles. The third-order valence-electron chi connectivity index (χ3n) is 3.08. The normalized spacial score (nSPS) is 26.8. The number of nitrogens with two attached hydrogens (primary N) is 1. The molecule has 74 valence electrons. The Morgan fingerprint density at radius 3 is 2.27 bits per heavy atom. The Morgan fingerprint density at radius 1 is 0.867 bits per heavy atom. The summed E-state index contributed by atoms with van der Waals surface area (Å²) in [6, 6.07) is 8.48. The van der Waals surface area contributed by atoms with Gasteiger partial charge in [0.2, 0.25) is 0 Å². The van der Waals surface area contributed by atoms with Gasteiger partial charge in [0.25, 0.3) is 0 Å². The van der Waals surface area contributed by atoms with Crippen molar-refractivity contribution in [3.63, 3.8) is 0 Å². The van der Waals surface area contributed by atoms with Gasteiger partial charge < -0.3 is 5.73 Å². The lowest BCUT2D eigenvalue weighted by atomic mass is 9.83. The molecule has 0 radical (unpaired) electrons. The molecule has 2 aliphatic rings. The topological polar surface area (TPSA) is 26.0 Å². The van der Waals surface area contributed by atoms with Crippen LogP contribution in [0, 0.1) is 11.8 Å². The number of benzene rings is 1. The van der Waals surface area contributed by atoms with Gasteiger partial charge in [0.05, 0.1) is 0 Å². The van der Waals surface area contributed by atoms with E-state index in [2.05, 4.69) is 48.6 Å². The van der Waals surface area contributed by atoms with Crippen LogP contribution in [-0.4, -0.2) is 0 Å². The molecule has 0 aliphatic heterocycles. The van der Waals surface area contributed by atoms with E-state index < -0.39 is 0 Å². The molecule has 1 heteroatoms. The van der Waals surface area contributed by atoms with Crippen molar-refractivity contribution in [3.8, 4) is 0 Å². The van der Waals surface area contributed by atoms with Crippen LogP contribution < -0.4 is 16.2 Å². The van der Waals surface area contributed by atoms with Gasteiger partial charge >= 0.3 is 0 Å². The summed E-state index contributed by atoms with van der Waals surface area (Å²) >= 11 is 0. The maximum absolute atomic E-state index is 5.80. The predicted molar refractivity (Wildman–Crippen MR) is 63.0 cm³/mol. The van der Waals surface area contributed by atoms with Gasteiger partial charge in [0.15, 0.2) is 0 Å². The molecule has 1 nitrogen and oxygen atoms in total. The van der Waals surface area contributed by atoms with E-state index in [-0.39, 0.29) is 0 Å². The minimum absolute atomic E-state index is 0.435. The first-order valence-electron chi connectivity index (χ1n) is 5.27. The van der Waals surface area contributed by atoms with Crippen molar-refractivity contribution in [2.24, 2.45) is 17.6 Å². The molecular weight excluding hydrogens is 182 g/mol. The molecule has 0 bridgehead atoms. The Bertz CT molecular complexity index is 563. The second kappa shape index (κ2) is 3.13. The van der Waals surface area contributed by atoms with Crippen LogP contribution >= 0.6 is 0 Å². The second-order valence-electron chi connectivity index (χ2n) is 4.14. The zero-order chi connectivity index (χ0) is 10.3. The molecule has 15 heavy (non-hydrogen) atoms. The first-order chi connectivity index (χ1) is 7.33. The van der Waals surface area contributed by atoms with Gasteiger partial charge in [-0.1, -0.05) is 48.6 Å². The Kier molecular flexibility index (Phi) is 1.78. The van der Waals surface area contributed by atoms with E-state index in [1.165, 1.54) is 10.4 Å². The monoisotopic (exact) mass is 195 g/mol. The Balaban J connectivity index is 2.21. The van der Waals surface area contributed by atoms with Gasteiger partial charge in [-0.15, -0.1) is 0 Å². The first kappa shape index (κ1) is 8.54. The molecule has 0 saturated heterocycles. The van der Waals surface area contributed by atoms with Crippen LogP contribution in [0.25, 0.3) is 12.2 Å². The number of allylic oxidation sites excluding steroid dienone is 3. The molecule has 1 aromatic carbocycles. The minimum atomic E-state index is 0.435. The van der Waals surface area contributed by atoms with Crippen LogP contribution in [0.2, 0.25) is 0 Å². The van der Waals surface area contributed by atoms with E-state index in [4.69, 9.17) is 5.73 Å². The summed E-state index contributed by atoms with van der Waals surface area (Å²) in [5.74, 6) is 0.914. The van der Waals surface area contributed by atoms with Crippen LogP contribution in [0.5, 0.6) is 0 Å². The van der Waals surface area contributed by atoms with E-state index in [1.54, 1.807) is 0 Å². The van der Waals surface area contributed by atoms with Crippen molar-refractivity contribution in [1.82, 2.24) is 0 Å². The third-order valence-corrected chi connectivity index (χ3v) is 3.08. The van der Waals surface area contributed by atoms with E-state index >= 15 is 0 Å². The zero-order valence-electron chi connectivity index (χ0n) is 8.43. The quantitative estimate of drug-likeness (QED) is 0.654. The third kappa shape index (κ3) is 1.40. The first-order valence-corrected chi connectivity index (χ1v) is 5.27. The van der Waals surface area contributed by atoms with Crippen molar-refractivity contribution in [1.29, 1.82) is 0 Å². The average Bonchev–Trinajstić information content (AvgIpc) is 2.26. The van der Waals surface area contributed by atoms with Gasteiger partial charge in [0, 0.05) is 17.5 Å². The fraction of sp³-hybridized carbons (Fsp3) is 0.143. The second-order valence-corrected chi connectivity index (χ2v) is 4.14. The number of hydrogen-bond acceptors (Lipinski definition) is 1. The highest BCUT2D eigenvalue weighted by molar-refractivity contribution is 5.50. The number of fused-ring (bicyclic) bond motifs is 2. The molecule has 0 fully saturated rings. The van der Waals surface area contributed by atoms with Crippen molar-refractivity contribution < 1.29 is 0 Å². The van der Waals surface area contributed by atoms with Crippen molar-refractivity contribution >= 4 is 12.2 Å².